The number of hydrogen-bond acceptors (Lipinski definition) is 5. The molecule has 1 rings (SSSR count). The van der Waals surface area contributed by atoms with Gasteiger partial charge in [0.1, 0.15) is 12.4 Å². The Bertz CT molecular complexity index is 425. The minimum Gasteiger partial charge on any atom is -0.480 e. The molecule has 7 heteroatoms. The molecule has 0 saturated heterocycles. The van der Waals surface area contributed by atoms with Crippen molar-refractivity contribution < 1.29 is 23.7 Å². The van der Waals surface area contributed by atoms with Gasteiger partial charge in [-0.1, -0.05) is 23.2 Å². The van der Waals surface area contributed by atoms with Crippen LogP contribution in [-0.2, 0) is 19.0 Å². The van der Waals surface area contributed by atoms with E-state index in [1.165, 1.54) is 6.07 Å². The summed E-state index contributed by atoms with van der Waals surface area (Å²) in [6, 6.07) is 4.75. The second-order valence-electron chi connectivity index (χ2n) is 3.69. The van der Waals surface area contributed by atoms with Crippen LogP contribution < -0.4 is 4.74 Å². The molecule has 1 aromatic rings. The summed E-state index contributed by atoms with van der Waals surface area (Å²) in [6.07, 6.45) is 0. The molecule has 0 spiro atoms. The average molecular weight is 323 g/mol. The second kappa shape index (κ2) is 9.83. The van der Waals surface area contributed by atoms with Gasteiger partial charge >= 0.3 is 5.97 Å². The quantitative estimate of drug-likeness (QED) is 0.516. The predicted molar refractivity (Wildman–Crippen MR) is 75.6 cm³/mol. The Morgan fingerprint density at radius 3 is 2.60 bits per heavy atom. The van der Waals surface area contributed by atoms with E-state index < -0.39 is 5.97 Å². The van der Waals surface area contributed by atoms with Crippen LogP contribution in [0.25, 0.3) is 0 Å². The molecule has 0 aliphatic rings. The van der Waals surface area contributed by atoms with E-state index in [1.54, 1.807) is 19.2 Å². The molecule has 0 heterocycles. The lowest BCUT2D eigenvalue weighted by atomic mass is 10.3. The summed E-state index contributed by atoms with van der Waals surface area (Å²) in [7, 11) is 1.59. The van der Waals surface area contributed by atoms with Crippen molar-refractivity contribution in [3.05, 3.63) is 28.2 Å². The normalized spacial score (nSPS) is 10.3. The largest absolute Gasteiger partial charge is 0.480 e. The van der Waals surface area contributed by atoms with Crippen LogP contribution in [0.2, 0.25) is 10.0 Å². The molecule has 0 amide bonds. The Balaban J connectivity index is 2.16. The number of halogens is 2. The third-order valence-corrected chi connectivity index (χ3v) is 2.69. The molecular weight excluding hydrogens is 307 g/mol. The Labute approximate surface area is 127 Å². The lowest BCUT2D eigenvalue weighted by molar-refractivity contribution is -0.147. The highest BCUT2D eigenvalue weighted by molar-refractivity contribution is 6.35. The van der Waals surface area contributed by atoms with Gasteiger partial charge in [-0.3, -0.25) is 0 Å². The molecule has 112 valence electrons. The highest BCUT2D eigenvalue weighted by atomic mass is 35.5. The van der Waals surface area contributed by atoms with Gasteiger partial charge in [-0.05, 0) is 18.2 Å². The highest BCUT2D eigenvalue weighted by Gasteiger charge is 2.07. The van der Waals surface area contributed by atoms with Gasteiger partial charge in [0.25, 0.3) is 0 Å². The van der Waals surface area contributed by atoms with Gasteiger partial charge in [0.2, 0.25) is 0 Å². The van der Waals surface area contributed by atoms with E-state index >= 15 is 0 Å². The molecule has 0 radical (unpaired) electrons. The number of methoxy groups -OCH3 is 1. The SMILES string of the molecule is COCCOCCOC(=O)COc1ccc(Cl)cc1Cl. The predicted octanol–water partition coefficient (Wildman–Crippen LogP) is 2.58. The first kappa shape index (κ1) is 17.0. The van der Waals surface area contributed by atoms with E-state index in [0.29, 0.717) is 35.6 Å². The number of rotatable bonds is 9. The van der Waals surface area contributed by atoms with Crippen molar-refractivity contribution in [2.24, 2.45) is 0 Å². The van der Waals surface area contributed by atoms with Crippen LogP contribution in [0.3, 0.4) is 0 Å². The van der Waals surface area contributed by atoms with Crippen LogP contribution in [-0.4, -0.2) is 46.1 Å². The Kier molecular flexibility index (Phi) is 8.37. The summed E-state index contributed by atoms with van der Waals surface area (Å²) in [4.78, 5) is 11.4. The van der Waals surface area contributed by atoms with E-state index in [0.717, 1.165) is 0 Å². The maximum atomic E-state index is 11.4. The fourth-order valence-electron chi connectivity index (χ4n) is 1.23. The van der Waals surface area contributed by atoms with Gasteiger partial charge in [-0.2, -0.15) is 0 Å². The Morgan fingerprint density at radius 2 is 1.90 bits per heavy atom. The van der Waals surface area contributed by atoms with Crippen molar-refractivity contribution in [1.29, 1.82) is 0 Å². The maximum Gasteiger partial charge on any atom is 0.344 e. The highest BCUT2D eigenvalue weighted by Crippen LogP contribution is 2.27. The van der Waals surface area contributed by atoms with E-state index in [-0.39, 0.29) is 13.2 Å². The van der Waals surface area contributed by atoms with E-state index in [1.807, 2.05) is 0 Å². The standard InChI is InChI=1S/C13H16Cl2O5/c1-17-4-5-18-6-7-19-13(16)9-20-12-3-2-10(14)8-11(12)15/h2-3,8H,4-7,9H2,1H3. The van der Waals surface area contributed by atoms with Crippen molar-refractivity contribution >= 4 is 29.2 Å². The van der Waals surface area contributed by atoms with Crippen molar-refractivity contribution in [2.45, 2.75) is 0 Å². The molecule has 0 fully saturated rings. The average Bonchev–Trinajstić information content (AvgIpc) is 2.41. The van der Waals surface area contributed by atoms with E-state index in [9.17, 15) is 4.79 Å². The molecule has 0 atom stereocenters. The third-order valence-electron chi connectivity index (χ3n) is 2.16. The van der Waals surface area contributed by atoms with Crippen molar-refractivity contribution in [1.82, 2.24) is 0 Å². The molecule has 20 heavy (non-hydrogen) atoms. The maximum absolute atomic E-state index is 11.4. The summed E-state index contributed by atoms with van der Waals surface area (Å²) in [5, 5.41) is 0.839. The monoisotopic (exact) mass is 322 g/mol. The zero-order valence-electron chi connectivity index (χ0n) is 11.1. The summed E-state index contributed by atoms with van der Waals surface area (Å²) in [6.45, 7) is 1.23. The number of hydrogen-bond donors (Lipinski definition) is 0. The van der Waals surface area contributed by atoms with Gasteiger partial charge in [-0.25, -0.2) is 4.79 Å². The van der Waals surface area contributed by atoms with E-state index in [2.05, 4.69) is 0 Å². The molecule has 0 unspecified atom stereocenters. The fourth-order valence-corrected chi connectivity index (χ4v) is 1.69. The van der Waals surface area contributed by atoms with Gasteiger partial charge in [0.05, 0.1) is 24.8 Å². The first-order chi connectivity index (χ1) is 9.63. The number of benzene rings is 1. The van der Waals surface area contributed by atoms with Crippen molar-refractivity contribution in [3.63, 3.8) is 0 Å². The third kappa shape index (κ3) is 6.96. The molecule has 0 aliphatic carbocycles. The van der Waals surface area contributed by atoms with E-state index in [4.69, 9.17) is 42.1 Å². The van der Waals surface area contributed by atoms with Crippen molar-refractivity contribution in [3.8, 4) is 5.75 Å². The number of carbonyl (C=O) groups is 1. The molecular formula is C13H16Cl2O5. The van der Waals surface area contributed by atoms with Gasteiger partial charge in [0, 0.05) is 12.1 Å². The first-order valence-electron chi connectivity index (χ1n) is 5.93. The molecule has 0 saturated carbocycles. The minimum absolute atomic E-state index is 0.167. The van der Waals surface area contributed by atoms with Crippen molar-refractivity contribution in [2.75, 3.05) is 40.1 Å². The zero-order chi connectivity index (χ0) is 14.8. The Morgan fingerprint density at radius 1 is 1.15 bits per heavy atom. The molecule has 1 aromatic carbocycles. The molecule has 5 nitrogen and oxygen atoms in total. The second-order valence-corrected chi connectivity index (χ2v) is 4.53. The zero-order valence-corrected chi connectivity index (χ0v) is 12.6. The van der Waals surface area contributed by atoms with Gasteiger partial charge < -0.3 is 18.9 Å². The molecule has 0 aliphatic heterocycles. The minimum atomic E-state index is -0.494. The number of ether oxygens (including phenoxy) is 4. The first-order valence-corrected chi connectivity index (χ1v) is 6.69. The lowest BCUT2D eigenvalue weighted by Crippen LogP contribution is -2.18. The summed E-state index contributed by atoms with van der Waals surface area (Å²) >= 11 is 11.6. The number of esters is 1. The topological polar surface area (TPSA) is 54.0 Å². The summed E-state index contributed by atoms with van der Waals surface area (Å²) < 4.78 is 20.1. The summed E-state index contributed by atoms with van der Waals surface area (Å²) in [5.41, 5.74) is 0. The smallest absolute Gasteiger partial charge is 0.344 e. The lowest BCUT2D eigenvalue weighted by Gasteiger charge is -2.08. The van der Waals surface area contributed by atoms with Crippen LogP contribution in [0.5, 0.6) is 5.75 Å². The Hall–Kier alpha value is -1.01. The number of carbonyl (C=O) groups excluding carboxylic acids is 1. The molecule has 0 N–H and O–H groups in total. The van der Waals surface area contributed by atoms with Gasteiger partial charge in [0.15, 0.2) is 6.61 Å². The summed E-state index contributed by atoms with van der Waals surface area (Å²) in [5.74, 6) is -0.115. The molecule has 0 bridgehead atoms. The fraction of sp³-hybridized carbons (Fsp3) is 0.462. The van der Waals surface area contributed by atoms with Crippen LogP contribution in [0.4, 0.5) is 0 Å². The van der Waals surface area contributed by atoms with Crippen LogP contribution in [0.15, 0.2) is 18.2 Å². The molecule has 0 aromatic heterocycles. The van der Waals surface area contributed by atoms with Gasteiger partial charge in [-0.15, -0.1) is 0 Å². The van der Waals surface area contributed by atoms with Crippen LogP contribution in [0.1, 0.15) is 0 Å². The van der Waals surface area contributed by atoms with Crippen LogP contribution in [0, 0.1) is 0 Å². The van der Waals surface area contributed by atoms with Crippen LogP contribution >= 0.6 is 23.2 Å².